The number of hydrogen-bond acceptors (Lipinski definition) is 5. The predicted octanol–water partition coefficient (Wildman–Crippen LogP) is 5.14. The number of aromatic amines is 1. The van der Waals surface area contributed by atoms with Gasteiger partial charge in [0.05, 0.1) is 5.75 Å². The number of ketones is 1. The zero-order chi connectivity index (χ0) is 17.9. The van der Waals surface area contributed by atoms with Crippen LogP contribution in [-0.4, -0.2) is 26.7 Å². The third-order valence-corrected chi connectivity index (χ3v) is 6.00. The maximum absolute atomic E-state index is 12.7. The number of carbonyl (C=O) groups is 1. The molecule has 1 saturated carbocycles. The van der Waals surface area contributed by atoms with Crippen molar-refractivity contribution in [1.29, 1.82) is 0 Å². The smallest absolute Gasteiger partial charge is 0.277 e. The van der Waals surface area contributed by atoms with E-state index in [1.807, 2.05) is 18.3 Å². The number of benzene rings is 1. The van der Waals surface area contributed by atoms with Crippen LogP contribution in [-0.2, 0) is 6.42 Å². The topological polar surface area (TPSA) is 71.8 Å². The van der Waals surface area contributed by atoms with E-state index < -0.39 is 0 Å². The molecule has 6 heteroatoms. The molecular weight excluding hydrogens is 346 g/mol. The third kappa shape index (κ3) is 3.43. The van der Waals surface area contributed by atoms with E-state index in [0.717, 1.165) is 41.6 Å². The molecule has 4 rings (SSSR count). The molecule has 0 bridgehead atoms. The maximum atomic E-state index is 12.7. The van der Waals surface area contributed by atoms with Crippen LogP contribution in [0.1, 0.15) is 66.8 Å². The van der Waals surface area contributed by atoms with E-state index in [0.29, 0.717) is 16.9 Å². The predicted molar refractivity (Wildman–Crippen MR) is 103 cm³/mol. The van der Waals surface area contributed by atoms with Gasteiger partial charge in [-0.25, -0.2) is 0 Å². The number of carbonyl (C=O) groups excluding carboxylic acids is 1. The number of nitrogens with zero attached hydrogens (tertiary/aromatic N) is 2. The highest BCUT2D eigenvalue weighted by atomic mass is 32.2. The number of aryl methyl sites for hydroxylation is 1. The second-order valence-electron chi connectivity index (χ2n) is 6.85. The largest absolute Gasteiger partial charge is 0.416 e. The highest BCUT2D eigenvalue weighted by molar-refractivity contribution is 7.99. The van der Waals surface area contributed by atoms with Crippen LogP contribution in [0.4, 0.5) is 0 Å². The van der Waals surface area contributed by atoms with E-state index in [2.05, 4.69) is 28.2 Å². The van der Waals surface area contributed by atoms with Crippen LogP contribution in [0.15, 0.2) is 34.0 Å². The van der Waals surface area contributed by atoms with Gasteiger partial charge in [-0.15, -0.1) is 10.2 Å². The Hall–Kier alpha value is -2.08. The van der Waals surface area contributed by atoms with Crippen molar-refractivity contribution < 1.29 is 9.21 Å². The monoisotopic (exact) mass is 369 g/mol. The standard InChI is InChI=1S/C20H23N3O2S/c1-2-13-9-6-10-15-16(11-21-18(13)15)17(24)12-26-20-23-22-19(25-20)14-7-4-3-5-8-14/h6,9-11,14,21H,2-5,7-8,12H2,1H3. The van der Waals surface area contributed by atoms with Gasteiger partial charge in [-0.3, -0.25) is 4.79 Å². The number of fused-ring (bicyclic) bond motifs is 1. The minimum absolute atomic E-state index is 0.0759. The van der Waals surface area contributed by atoms with Gasteiger partial charge in [0, 0.05) is 28.6 Å². The number of H-pyrrole nitrogens is 1. The Morgan fingerprint density at radius 1 is 1.27 bits per heavy atom. The molecule has 1 aliphatic rings. The molecule has 3 aromatic rings. The summed E-state index contributed by atoms with van der Waals surface area (Å²) in [7, 11) is 0. The van der Waals surface area contributed by atoms with Crippen LogP contribution in [0.3, 0.4) is 0 Å². The van der Waals surface area contributed by atoms with E-state index in [1.54, 1.807) is 0 Å². The Labute approximate surface area is 157 Å². The summed E-state index contributed by atoms with van der Waals surface area (Å²) in [6, 6.07) is 6.09. The summed E-state index contributed by atoms with van der Waals surface area (Å²) in [5.74, 6) is 1.50. The molecule has 2 aromatic heterocycles. The number of para-hydroxylation sites is 1. The van der Waals surface area contributed by atoms with Crippen LogP contribution in [0.2, 0.25) is 0 Å². The lowest BCUT2D eigenvalue weighted by Crippen LogP contribution is -2.04. The quantitative estimate of drug-likeness (QED) is 0.481. The van der Waals surface area contributed by atoms with E-state index in [1.165, 1.54) is 36.6 Å². The number of rotatable bonds is 6. The van der Waals surface area contributed by atoms with Crippen molar-refractivity contribution in [3.05, 3.63) is 41.4 Å². The Balaban J connectivity index is 1.44. The van der Waals surface area contributed by atoms with E-state index >= 15 is 0 Å². The van der Waals surface area contributed by atoms with Crippen molar-refractivity contribution in [2.45, 2.75) is 56.6 Å². The van der Waals surface area contributed by atoms with Gasteiger partial charge >= 0.3 is 0 Å². The minimum Gasteiger partial charge on any atom is -0.416 e. The lowest BCUT2D eigenvalue weighted by molar-refractivity contribution is 0.102. The van der Waals surface area contributed by atoms with Crippen molar-refractivity contribution in [3.63, 3.8) is 0 Å². The lowest BCUT2D eigenvalue weighted by Gasteiger charge is -2.17. The molecule has 0 radical (unpaired) electrons. The molecule has 1 aliphatic carbocycles. The van der Waals surface area contributed by atoms with Gasteiger partial charge in [0.1, 0.15) is 0 Å². The summed E-state index contributed by atoms with van der Waals surface area (Å²) in [4.78, 5) is 15.9. The minimum atomic E-state index is 0.0759. The molecule has 2 heterocycles. The van der Waals surface area contributed by atoms with Crippen molar-refractivity contribution in [2.75, 3.05) is 5.75 Å². The Morgan fingerprint density at radius 2 is 2.12 bits per heavy atom. The highest BCUT2D eigenvalue weighted by Gasteiger charge is 2.22. The molecule has 136 valence electrons. The second kappa shape index (κ2) is 7.66. The van der Waals surface area contributed by atoms with E-state index in [4.69, 9.17) is 4.42 Å². The molecule has 0 amide bonds. The molecule has 0 atom stereocenters. The van der Waals surface area contributed by atoms with Gasteiger partial charge in [0.25, 0.3) is 5.22 Å². The Kier molecular flexibility index (Phi) is 5.11. The highest BCUT2D eigenvalue weighted by Crippen LogP contribution is 2.33. The average molecular weight is 369 g/mol. The Morgan fingerprint density at radius 3 is 2.92 bits per heavy atom. The fourth-order valence-electron chi connectivity index (χ4n) is 3.74. The maximum Gasteiger partial charge on any atom is 0.277 e. The first kappa shape index (κ1) is 17.3. The van der Waals surface area contributed by atoms with Crippen molar-refractivity contribution in [1.82, 2.24) is 15.2 Å². The summed E-state index contributed by atoms with van der Waals surface area (Å²) < 4.78 is 5.80. The second-order valence-corrected chi connectivity index (χ2v) is 7.78. The summed E-state index contributed by atoms with van der Waals surface area (Å²) in [6.07, 6.45) is 8.76. The Bertz CT molecular complexity index is 909. The van der Waals surface area contributed by atoms with E-state index in [9.17, 15) is 4.79 Å². The van der Waals surface area contributed by atoms with Gasteiger partial charge in [-0.1, -0.05) is 56.1 Å². The molecule has 1 N–H and O–H groups in total. The molecule has 0 unspecified atom stereocenters. The van der Waals surface area contributed by atoms with Gasteiger partial charge in [0.2, 0.25) is 5.89 Å². The number of hydrogen-bond donors (Lipinski definition) is 1. The average Bonchev–Trinajstić information content (AvgIpc) is 3.34. The molecule has 26 heavy (non-hydrogen) atoms. The van der Waals surface area contributed by atoms with E-state index in [-0.39, 0.29) is 5.78 Å². The van der Waals surface area contributed by atoms with Crippen molar-refractivity contribution in [3.8, 4) is 0 Å². The van der Waals surface area contributed by atoms with Crippen LogP contribution < -0.4 is 0 Å². The van der Waals surface area contributed by atoms with Crippen LogP contribution >= 0.6 is 11.8 Å². The van der Waals surface area contributed by atoms with Crippen LogP contribution in [0, 0.1) is 0 Å². The first-order valence-electron chi connectivity index (χ1n) is 9.34. The number of Topliss-reactive ketones (excluding diaryl/α,β-unsaturated/α-hetero) is 1. The normalized spacial score (nSPS) is 15.6. The summed E-state index contributed by atoms with van der Waals surface area (Å²) in [5.41, 5.74) is 3.01. The number of nitrogens with one attached hydrogen (secondary N) is 1. The van der Waals surface area contributed by atoms with Crippen LogP contribution in [0.5, 0.6) is 0 Å². The van der Waals surface area contributed by atoms with Gasteiger partial charge in [-0.05, 0) is 24.8 Å². The zero-order valence-electron chi connectivity index (χ0n) is 15.0. The molecule has 1 fully saturated rings. The molecular formula is C20H23N3O2S. The summed E-state index contributed by atoms with van der Waals surface area (Å²) in [5, 5.41) is 9.80. The molecule has 0 aliphatic heterocycles. The SMILES string of the molecule is CCc1cccc2c(C(=O)CSc3nnc(C4CCCCC4)o3)c[nH]c12. The summed E-state index contributed by atoms with van der Waals surface area (Å²) in [6.45, 7) is 2.12. The van der Waals surface area contributed by atoms with Crippen LogP contribution in [0.25, 0.3) is 10.9 Å². The zero-order valence-corrected chi connectivity index (χ0v) is 15.8. The van der Waals surface area contributed by atoms with Crippen molar-refractivity contribution >= 4 is 28.4 Å². The summed E-state index contributed by atoms with van der Waals surface area (Å²) >= 11 is 1.33. The lowest BCUT2D eigenvalue weighted by atomic mass is 9.89. The fraction of sp³-hybridized carbons (Fsp3) is 0.450. The number of aromatic nitrogens is 3. The first-order chi connectivity index (χ1) is 12.8. The van der Waals surface area contributed by atoms with Gasteiger partial charge in [0.15, 0.2) is 5.78 Å². The van der Waals surface area contributed by atoms with Gasteiger partial charge in [-0.2, -0.15) is 0 Å². The third-order valence-electron chi connectivity index (χ3n) is 5.19. The fourth-order valence-corrected chi connectivity index (χ4v) is 4.39. The first-order valence-corrected chi connectivity index (χ1v) is 10.3. The molecule has 5 nitrogen and oxygen atoms in total. The number of thioether (sulfide) groups is 1. The van der Waals surface area contributed by atoms with Gasteiger partial charge < -0.3 is 9.40 Å². The molecule has 0 saturated heterocycles. The van der Waals surface area contributed by atoms with Crippen molar-refractivity contribution in [2.24, 2.45) is 0 Å². The molecule has 1 aromatic carbocycles. The molecule has 0 spiro atoms.